The van der Waals surface area contributed by atoms with E-state index in [0.29, 0.717) is 11.6 Å². The number of carbonyl (C=O) groups is 2. The minimum atomic E-state index is -0.228. The average molecular weight is 528 g/mol. The van der Waals surface area contributed by atoms with Crippen molar-refractivity contribution in [3.05, 3.63) is 0 Å². The van der Waals surface area contributed by atoms with Crippen molar-refractivity contribution in [3.63, 3.8) is 0 Å². The summed E-state index contributed by atoms with van der Waals surface area (Å²) in [6.45, 7) is 33.3. The van der Waals surface area contributed by atoms with Crippen LogP contribution in [-0.4, -0.2) is 35.7 Å². The molecule has 0 fully saturated rings. The van der Waals surface area contributed by atoms with Crippen LogP contribution in [0.4, 0.5) is 0 Å². The molecule has 216 valence electrons. The maximum absolute atomic E-state index is 12.5. The Balaban J connectivity index is 0. The maximum Gasteiger partial charge on any atom is 0.142 e. The molecule has 0 rings (SSSR count). The molecular weight excluding hydrogens is 462 g/mol. The van der Waals surface area contributed by atoms with Crippen LogP contribution in [0.5, 0.6) is 0 Å². The molecule has 1 N–H and O–H groups in total. The van der Waals surface area contributed by atoms with Gasteiger partial charge in [-0.15, -0.1) is 0 Å². The Kier molecular flexibility index (Phi) is 16.1. The first-order valence-electron chi connectivity index (χ1n) is 14.2. The van der Waals surface area contributed by atoms with Gasteiger partial charge in [-0.25, -0.2) is 0 Å². The second kappa shape index (κ2) is 15.3. The fourth-order valence-electron chi connectivity index (χ4n) is 4.30. The fraction of sp³-hybridized carbons (Fsp3) is 0.938. The van der Waals surface area contributed by atoms with Crippen LogP contribution < -0.4 is 5.32 Å². The monoisotopic (exact) mass is 527 g/mol. The van der Waals surface area contributed by atoms with Crippen molar-refractivity contribution in [1.82, 2.24) is 5.32 Å². The van der Waals surface area contributed by atoms with Gasteiger partial charge in [0.05, 0.1) is 0 Å². The predicted molar refractivity (Wildman–Crippen MR) is 164 cm³/mol. The number of hydrogen-bond acceptors (Lipinski definition) is 4. The van der Waals surface area contributed by atoms with Crippen LogP contribution in [0.1, 0.15) is 136 Å². The van der Waals surface area contributed by atoms with Crippen molar-refractivity contribution in [2.75, 3.05) is 19.3 Å². The average Bonchev–Trinajstić information content (AvgIpc) is 2.63. The van der Waals surface area contributed by atoms with Gasteiger partial charge in [-0.3, -0.25) is 9.59 Å². The van der Waals surface area contributed by atoms with Crippen molar-refractivity contribution in [2.24, 2.45) is 33.5 Å². The van der Waals surface area contributed by atoms with Gasteiger partial charge in [-0.05, 0) is 50.1 Å². The molecule has 0 aromatic heterocycles. The first-order valence-corrected chi connectivity index (χ1v) is 15.2. The summed E-state index contributed by atoms with van der Waals surface area (Å²) >= 11 is 1.91. The lowest BCUT2D eigenvalue weighted by molar-refractivity contribution is -0.132. The minimum Gasteiger partial charge on any atom is -0.320 e. The van der Waals surface area contributed by atoms with Gasteiger partial charge in [0.25, 0.3) is 0 Å². The molecule has 0 aliphatic heterocycles. The molecule has 0 radical (unpaired) electrons. The number of nitrogens with one attached hydrogen (secondary N) is 1. The minimum absolute atomic E-state index is 0.175. The van der Waals surface area contributed by atoms with E-state index in [1.165, 1.54) is 0 Å². The number of carbonyl (C=O) groups excluding carboxylic acids is 2. The van der Waals surface area contributed by atoms with Crippen molar-refractivity contribution < 1.29 is 9.59 Å². The van der Waals surface area contributed by atoms with Gasteiger partial charge in [0, 0.05) is 33.2 Å². The van der Waals surface area contributed by atoms with E-state index in [1.807, 2.05) is 60.4 Å². The molecule has 0 unspecified atom stereocenters. The molecule has 0 amide bonds. The standard InChI is InChI=1S/C16H33NO.C16H32OS/c1-15(2,3)12-13(10-8-9-11-17-7)14(18)16(4,5)6;1-14(2,3)10-12(11-18-16(7,8)9)13(17)15(4,5)6/h13,17H,8-12H2,1-7H3;12H,10-11H2,1-9H3/t13-;12-/m10/s1. The number of hydrogen-bond donors (Lipinski definition) is 1. The van der Waals surface area contributed by atoms with Crippen LogP contribution in [-0.2, 0) is 9.59 Å². The SMILES string of the molecule is CC(C)(C)C[C@@H](CSC(C)(C)C)C(=O)C(C)(C)C.CNCCCC[C@H](CC(C)(C)C)C(=O)C(C)(C)C. The van der Waals surface area contributed by atoms with Crippen molar-refractivity contribution >= 4 is 23.3 Å². The van der Waals surface area contributed by atoms with Gasteiger partial charge < -0.3 is 5.32 Å². The largest absolute Gasteiger partial charge is 0.320 e. The van der Waals surface area contributed by atoms with E-state index >= 15 is 0 Å². The number of unbranched alkanes of at least 4 members (excludes halogenated alkanes) is 1. The molecule has 3 nitrogen and oxygen atoms in total. The maximum atomic E-state index is 12.5. The Morgan fingerprint density at radius 3 is 1.36 bits per heavy atom. The molecule has 0 aromatic rings. The van der Waals surface area contributed by atoms with E-state index < -0.39 is 0 Å². The smallest absolute Gasteiger partial charge is 0.142 e. The van der Waals surface area contributed by atoms with Crippen LogP contribution in [0.25, 0.3) is 0 Å². The van der Waals surface area contributed by atoms with Gasteiger partial charge in [-0.1, -0.05) is 110 Å². The van der Waals surface area contributed by atoms with Gasteiger partial charge in [0.15, 0.2) is 0 Å². The molecule has 36 heavy (non-hydrogen) atoms. The second-order valence-electron chi connectivity index (χ2n) is 16.2. The van der Waals surface area contributed by atoms with Gasteiger partial charge >= 0.3 is 0 Å². The summed E-state index contributed by atoms with van der Waals surface area (Å²) in [7, 11) is 1.98. The highest BCUT2D eigenvalue weighted by atomic mass is 32.2. The molecule has 2 atom stereocenters. The lowest BCUT2D eigenvalue weighted by Gasteiger charge is -2.31. The summed E-state index contributed by atoms with van der Waals surface area (Å²) in [5.41, 5.74) is 0.00584. The number of thioether (sulfide) groups is 1. The molecule has 0 spiro atoms. The summed E-state index contributed by atoms with van der Waals surface area (Å²) in [5.74, 6) is 2.18. The first kappa shape index (κ1) is 37.8. The molecule has 0 heterocycles. The number of rotatable bonds is 11. The molecular formula is C32H65NO2S. The van der Waals surface area contributed by atoms with E-state index in [9.17, 15) is 9.59 Å². The summed E-state index contributed by atoms with van der Waals surface area (Å²) in [6.07, 6.45) is 5.32. The van der Waals surface area contributed by atoms with Crippen LogP contribution in [0.2, 0.25) is 0 Å². The second-order valence-corrected chi connectivity index (χ2v) is 18.0. The van der Waals surface area contributed by atoms with Gasteiger partial charge in [-0.2, -0.15) is 11.8 Å². The molecule has 0 aliphatic rings. The zero-order chi connectivity index (χ0) is 29.2. The van der Waals surface area contributed by atoms with Gasteiger partial charge in [0.1, 0.15) is 11.6 Å². The summed E-state index contributed by atoms with van der Waals surface area (Å²) < 4.78 is 0.230. The Morgan fingerprint density at radius 1 is 0.639 bits per heavy atom. The molecule has 0 saturated carbocycles. The third-order valence-corrected chi connectivity index (χ3v) is 7.32. The highest BCUT2D eigenvalue weighted by Crippen LogP contribution is 2.35. The van der Waals surface area contributed by atoms with Crippen LogP contribution in [0, 0.1) is 33.5 Å². The van der Waals surface area contributed by atoms with E-state index in [1.54, 1.807) is 0 Å². The lowest BCUT2D eigenvalue weighted by atomic mass is 9.74. The first-order chi connectivity index (χ1) is 15.8. The Bertz CT molecular complexity index is 634. The van der Waals surface area contributed by atoms with E-state index in [2.05, 4.69) is 67.6 Å². The molecule has 0 aromatic carbocycles. The van der Waals surface area contributed by atoms with Crippen molar-refractivity contribution in [2.45, 2.75) is 141 Å². The Morgan fingerprint density at radius 2 is 1.03 bits per heavy atom. The summed E-state index contributed by atoms with van der Waals surface area (Å²) in [4.78, 5) is 25.0. The van der Waals surface area contributed by atoms with E-state index in [-0.39, 0.29) is 38.2 Å². The van der Waals surface area contributed by atoms with Crippen LogP contribution in [0.3, 0.4) is 0 Å². The highest BCUT2D eigenvalue weighted by Gasteiger charge is 2.33. The van der Waals surface area contributed by atoms with Crippen LogP contribution in [0.15, 0.2) is 0 Å². The van der Waals surface area contributed by atoms with Gasteiger partial charge in [0.2, 0.25) is 0 Å². The Hall–Kier alpha value is -0.350. The highest BCUT2D eigenvalue weighted by molar-refractivity contribution is 8.00. The number of ketones is 2. The summed E-state index contributed by atoms with van der Waals surface area (Å²) in [6, 6.07) is 0. The zero-order valence-electron chi connectivity index (χ0n) is 27.3. The quantitative estimate of drug-likeness (QED) is 0.272. The number of Topliss-reactive ketones (excluding diaryl/α,β-unsaturated/α-hetero) is 2. The third-order valence-electron chi connectivity index (χ3n) is 5.88. The Labute approximate surface area is 231 Å². The van der Waals surface area contributed by atoms with Crippen molar-refractivity contribution in [3.8, 4) is 0 Å². The zero-order valence-corrected chi connectivity index (χ0v) is 28.1. The van der Waals surface area contributed by atoms with E-state index in [4.69, 9.17) is 0 Å². The topological polar surface area (TPSA) is 46.2 Å². The molecule has 4 heteroatoms. The summed E-state index contributed by atoms with van der Waals surface area (Å²) in [5, 5.41) is 3.16. The lowest BCUT2D eigenvalue weighted by Crippen LogP contribution is -2.33. The molecule has 0 saturated heterocycles. The fourth-order valence-corrected chi connectivity index (χ4v) is 5.27. The van der Waals surface area contributed by atoms with Crippen molar-refractivity contribution in [1.29, 1.82) is 0 Å². The predicted octanol–water partition coefficient (Wildman–Crippen LogP) is 9.23. The normalized spacial score (nSPS) is 15.1. The third kappa shape index (κ3) is 20.7. The van der Waals surface area contributed by atoms with E-state index in [0.717, 1.165) is 44.4 Å². The van der Waals surface area contributed by atoms with Crippen LogP contribution >= 0.6 is 11.8 Å². The molecule has 0 bridgehead atoms. The molecule has 0 aliphatic carbocycles.